The van der Waals surface area contributed by atoms with Gasteiger partial charge in [-0.05, 0) is 24.6 Å². The van der Waals surface area contributed by atoms with Gasteiger partial charge < -0.3 is 23.9 Å². The van der Waals surface area contributed by atoms with Gasteiger partial charge in [-0.3, -0.25) is 0 Å². The average Bonchev–Trinajstić information content (AvgIpc) is 3.13. The highest BCUT2D eigenvalue weighted by molar-refractivity contribution is 5.92. The number of hydrogen-bond donors (Lipinski definition) is 1. The Hall–Kier alpha value is -3.62. The van der Waals surface area contributed by atoms with Crippen LogP contribution in [0.15, 0.2) is 55.1 Å². The Morgan fingerprint density at radius 3 is 2.70 bits per heavy atom. The molecular formula is C18H18N2O7. The largest absolute Gasteiger partial charge is 0.476 e. The summed E-state index contributed by atoms with van der Waals surface area (Å²) in [6, 6.07) is 6.67. The highest BCUT2D eigenvalue weighted by Gasteiger charge is 2.23. The summed E-state index contributed by atoms with van der Waals surface area (Å²) < 4.78 is 16.4. The maximum atomic E-state index is 11.7. The van der Waals surface area contributed by atoms with E-state index in [2.05, 4.69) is 9.72 Å². The Morgan fingerprint density at radius 2 is 2.04 bits per heavy atom. The second kappa shape index (κ2) is 9.76. The number of carbonyl (C=O) groups excluding carboxylic acids is 2. The van der Waals surface area contributed by atoms with Crippen molar-refractivity contribution in [3.05, 3.63) is 60.7 Å². The van der Waals surface area contributed by atoms with Crippen LogP contribution >= 0.6 is 0 Å². The Balaban J connectivity index is 2.00. The maximum absolute atomic E-state index is 11.7. The van der Waals surface area contributed by atoms with Crippen LogP contribution in [0.2, 0.25) is 0 Å². The maximum Gasteiger partial charge on any atom is 0.387 e. The molecule has 1 N–H and O–H groups in total. The average molecular weight is 374 g/mol. The number of imidazole rings is 1. The van der Waals surface area contributed by atoms with Gasteiger partial charge in [0.25, 0.3) is 0 Å². The van der Waals surface area contributed by atoms with Gasteiger partial charge in [0, 0.05) is 31.1 Å². The zero-order valence-corrected chi connectivity index (χ0v) is 14.5. The molecule has 9 heteroatoms. The van der Waals surface area contributed by atoms with Crippen LogP contribution in [-0.2, 0) is 30.4 Å². The van der Waals surface area contributed by atoms with Gasteiger partial charge in [0.1, 0.15) is 5.75 Å². The molecule has 9 nitrogen and oxygen atoms in total. The van der Waals surface area contributed by atoms with Crippen molar-refractivity contribution in [3.63, 3.8) is 0 Å². The van der Waals surface area contributed by atoms with Crippen LogP contribution in [0.1, 0.15) is 12.5 Å². The molecule has 1 heterocycles. The standard InChI is InChI=1S/C18H18N2O7/c1-2-25-15(21)6-7-16(22)27-18(17(23)24)26-14-5-3-4-13(10-14)11-20-9-8-19-12-20/h3-10,12,18H,2,11H2,1H3,(H,23,24)/b7-6+. The summed E-state index contributed by atoms with van der Waals surface area (Å²) in [4.78, 5) is 38.1. The van der Waals surface area contributed by atoms with Gasteiger partial charge in [0.05, 0.1) is 12.9 Å². The van der Waals surface area contributed by atoms with Crippen molar-refractivity contribution in [2.45, 2.75) is 19.8 Å². The van der Waals surface area contributed by atoms with Gasteiger partial charge in [0.2, 0.25) is 0 Å². The highest BCUT2D eigenvalue weighted by Crippen LogP contribution is 2.16. The molecule has 0 fully saturated rings. The third-order valence-electron chi connectivity index (χ3n) is 3.13. The number of nitrogens with zero attached hydrogens (tertiary/aromatic N) is 2. The lowest BCUT2D eigenvalue weighted by Crippen LogP contribution is -2.32. The van der Waals surface area contributed by atoms with Crippen LogP contribution < -0.4 is 4.74 Å². The first-order valence-corrected chi connectivity index (χ1v) is 7.97. The topological polar surface area (TPSA) is 117 Å². The van der Waals surface area contributed by atoms with Crippen molar-refractivity contribution in [2.75, 3.05) is 6.61 Å². The number of aliphatic carboxylic acids is 1. The molecule has 2 rings (SSSR count). The smallest absolute Gasteiger partial charge is 0.387 e. The van der Waals surface area contributed by atoms with E-state index in [4.69, 9.17) is 9.47 Å². The van der Waals surface area contributed by atoms with Crippen LogP contribution in [0.4, 0.5) is 0 Å². The van der Waals surface area contributed by atoms with Crippen LogP contribution in [0.25, 0.3) is 0 Å². The van der Waals surface area contributed by atoms with E-state index in [0.717, 1.165) is 17.7 Å². The summed E-state index contributed by atoms with van der Waals surface area (Å²) in [5.41, 5.74) is 0.836. The summed E-state index contributed by atoms with van der Waals surface area (Å²) in [5, 5.41) is 9.19. The molecule has 0 saturated heterocycles. The summed E-state index contributed by atoms with van der Waals surface area (Å²) >= 11 is 0. The lowest BCUT2D eigenvalue weighted by molar-refractivity contribution is -0.179. The first kappa shape index (κ1) is 19.7. The van der Waals surface area contributed by atoms with Crippen LogP contribution in [0, 0.1) is 0 Å². The van der Waals surface area contributed by atoms with Crippen molar-refractivity contribution in [1.29, 1.82) is 0 Å². The first-order chi connectivity index (χ1) is 13.0. The Morgan fingerprint density at radius 1 is 1.26 bits per heavy atom. The fourth-order valence-corrected chi connectivity index (χ4v) is 2.03. The number of rotatable bonds is 9. The minimum Gasteiger partial charge on any atom is -0.476 e. The Bertz CT molecular complexity index is 815. The molecule has 0 amide bonds. The number of carbonyl (C=O) groups is 3. The van der Waals surface area contributed by atoms with Crippen LogP contribution in [-0.4, -0.2) is 45.5 Å². The third kappa shape index (κ3) is 6.65. The molecule has 27 heavy (non-hydrogen) atoms. The van der Waals surface area contributed by atoms with Crippen LogP contribution in [0.5, 0.6) is 5.75 Å². The molecule has 1 atom stereocenters. The molecule has 0 saturated carbocycles. The van der Waals surface area contributed by atoms with Crippen molar-refractivity contribution in [1.82, 2.24) is 9.55 Å². The molecule has 142 valence electrons. The van der Waals surface area contributed by atoms with E-state index < -0.39 is 24.2 Å². The number of esters is 2. The third-order valence-corrected chi connectivity index (χ3v) is 3.13. The molecule has 2 aromatic rings. The molecule has 0 aliphatic heterocycles. The van der Waals surface area contributed by atoms with E-state index in [1.165, 1.54) is 6.07 Å². The van der Waals surface area contributed by atoms with E-state index >= 15 is 0 Å². The molecular weight excluding hydrogens is 356 g/mol. The van der Waals surface area contributed by atoms with E-state index in [-0.39, 0.29) is 12.4 Å². The predicted molar refractivity (Wildman–Crippen MR) is 91.7 cm³/mol. The zero-order valence-electron chi connectivity index (χ0n) is 14.5. The molecule has 0 aliphatic rings. The number of ether oxygens (including phenoxy) is 3. The molecule has 1 aromatic carbocycles. The summed E-state index contributed by atoms with van der Waals surface area (Å²) in [6.07, 6.45) is 4.82. The molecule has 1 aromatic heterocycles. The fourth-order valence-electron chi connectivity index (χ4n) is 2.03. The Labute approximate surface area is 154 Å². The van der Waals surface area contributed by atoms with Gasteiger partial charge in [0.15, 0.2) is 0 Å². The lowest BCUT2D eigenvalue weighted by atomic mass is 10.2. The number of aromatic nitrogens is 2. The monoisotopic (exact) mass is 374 g/mol. The van der Waals surface area contributed by atoms with E-state index in [9.17, 15) is 19.5 Å². The van der Waals surface area contributed by atoms with Crippen molar-refractivity contribution in [3.8, 4) is 5.75 Å². The number of hydrogen-bond acceptors (Lipinski definition) is 7. The molecule has 0 bridgehead atoms. The quantitative estimate of drug-likeness (QED) is 0.397. The Kier molecular flexibility index (Phi) is 7.12. The van der Waals surface area contributed by atoms with Gasteiger partial charge in [-0.1, -0.05) is 12.1 Å². The number of carboxylic acid groups (broad SMARTS) is 1. The molecule has 0 spiro atoms. The van der Waals surface area contributed by atoms with E-state index in [0.29, 0.717) is 6.54 Å². The minimum absolute atomic E-state index is 0.147. The second-order valence-electron chi connectivity index (χ2n) is 5.19. The zero-order chi connectivity index (χ0) is 19.6. The summed E-state index contributed by atoms with van der Waals surface area (Å²) in [5.74, 6) is -3.07. The van der Waals surface area contributed by atoms with Crippen molar-refractivity contribution >= 4 is 17.9 Å². The van der Waals surface area contributed by atoms with Crippen molar-refractivity contribution < 1.29 is 33.7 Å². The van der Waals surface area contributed by atoms with Crippen LogP contribution in [0.3, 0.4) is 0 Å². The van der Waals surface area contributed by atoms with Gasteiger partial charge >= 0.3 is 24.2 Å². The lowest BCUT2D eigenvalue weighted by Gasteiger charge is -2.15. The minimum atomic E-state index is -1.87. The normalized spacial score (nSPS) is 11.7. The van der Waals surface area contributed by atoms with Crippen molar-refractivity contribution in [2.24, 2.45) is 0 Å². The van der Waals surface area contributed by atoms with E-state index in [1.807, 2.05) is 10.6 Å². The summed E-state index contributed by atoms with van der Waals surface area (Å²) in [7, 11) is 0. The first-order valence-electron chi connectivity index (χ1n) is 7.97. The van der Waals surface area contributed by atoms with E-state index in [1.54, 1.807) is 37.8 Å². The van der Waals surface area contributed by atoms with Gasteiger partial charge in [-0.25, -0.2) is 19.4 Å². The van der Waals surface area contributed by atoms with Gasteiger partial charge in [-0.2, -0.15) is 0 Å². The number of carboxylic acids is 1. The molecule has 0 radical (unpaired) electrons. The van der Waals surface area contributed by atoms with Gasteiger partial charge in [-0.15, -0.1) is 0 Å². The predicted octanol–water partition coefficient (Wildman–Crippen LogP) is 1.38. The molecule has 0 aliphatic carbocycles. The highest BCUT2D eigenvalue weighted by atomic mass is 16.7. The SMILES string of the molecule is CCOC(=O)/C=C/C(=O)OC(Oc1cccc(Cn2ccnc2)c1)C(=O)O. The fraction of sp³-hybridized carbons (Fsp3) is 0.222. The molecule has 1 unspecified atom stereocenters. The number of benzene rings is 1. The summed E-state index contributed by atoms with van der Waals surface area (Å²) in [6.45, 7) is 2.27. The second-order valence-corrected chi connectivity index (χ2v) is 5.19.